The van der Waals surface area contributed by atoms with Gasteiger partial charge in [0.15, 0.2) is 0 Å². The zero-order valence-corrected chi connectivity index (χ0v) is 12.3. The van der Waals surface area contributed by atoms with Gasteiger partial charge in [-0.25, -0.2) is 0 Å². The predicted molar refractivity (Wildman–Crippen MR) is 75.8 cm³/mol. The summed E-state index contributed by atoms with van der Waals surface area (Å²) in [5.74, 6) is 0.417. The Bertz CT molecular complexity index is 627. The number of carbonyl (C=O) groups excluding carboxylic acids is 1. The molecule has 2 aromatic heterocycles. The first-order chi connectivity index (χ1) is 9.36. The van der Waals surface area contributed by atoms with E-state index in [1.165, 1.54) is 0 Å². The average Bonchev–Trinajstić information content (AvgIpc) is 2.82. The number of rotatable bonds is 4. The Morgan fingerprint density at radius 3 is 2.60 bits per heavy atom. The lowest BCUT2D eigenvalue weighted by molar-refractivity contribution is -0.131. The summed E-state index contributed by atoms with van der Waals surface area (Å²) in [6.07, 6.45) is 1.93. The highest BCUT2D eigenvalue weighted by Crippen LogP contribution is 2.09. The summed E-state index contributed by atoms with van der Waals surface area (Å²) >= 11 is 0. The SMILES string of the molecule is Cc1nn(C)cc1CN(C)C(=O)Cn1nc(N)cc1C. The number of aryl methyl sites for hydroxylation is 3. The normalized spacial score (nSPS) is 10.8. The number of likely N-dealkylation sites (N-methyl/N-ethyl adjacent to an activating group) is 1. The van der Waals surface area contributed by atoms with Crippen LogP contribution in [0, 0.1) is 13.8 Å². The molecule has 0 aliphatic rings. The maximum Gasteiger partial charge on any atom is 0.244 e. The molecule has 108 valence electrons. The molecule has 0 saturated carbocycles. The van der Waals surface area contributed by atoms with Crippen LogP contribution < -0.4 is 5.73 Å². The molecule has 0 fully saturated rings. The molecule has 2 heterocycles. The van der Waals surface area contributed by atoms with Crippen LogP contribution in [0.1, 0.15) is 17.0 Å². The van der Waals surface area contributed by atoms with Crippen molar-refractivity contribution in [1.29, 1.82) is 0 Å². The van der Waals surface area contributed by atoms with Crippen molar-refractivity contribution in [2.24, 2.45) is 7.05 Å². The first kappa shape index (κ1) is 14.1. The summed E-state index contributed by atoms with van der Waals surface area (Å²) in [7, 11) is 3.64. The van der Waals surface area contributed by atoms with Gasteiger partial charge < -0.3 is 10.6 Å². The number of nitrogens with two attached hydrogens (primary N) is 1. The van der Waals surface area contributed by atoms with E-state index in [1.807, 2.05) is 27.1 Å². The van der Waals surface area contributed by atoms with Crippen molar-refractivity contribution in [3.05, 3.63) is 29.2 Å². The van der Waals surface area contributed by atoms with Crippen molar-refractivity contribution in [2.75, 3.05) is 12.8 Å². The third kappa shape index (κ3) is 2.98. The standard InChI is InChI=1S/C13H20N6O/c1-9-5-12(14)16-19(9)8-13(20)17(3)6-11-7-18(4)15-10(11)2/h5,7H,6,8H2,1-4H3,(H2,14,16). The molecule has 1 amide bonds. The van der Waals surface area contributed by atoms with Crippen LogP contribution in [0.5, 0.6) is 0 Å². The van der Waals surface area contributed by atoms with Gasteiger partial charge in [-0.3, -0.25) is 14.2 Å². The number of nitrogens with zero attached hydrogens (tertiary/aromatic N) is 5. The van der Waals surface area contributed by atoms with Gasteiger partial charge in [0.25, 0.3) is 0 Å². The van der Waals surface area contributed by atoms with Crippen molar-refractivity contribution < 1.29 is 4.79 Å². The fourth-order valence-electron chi connectivity index (χ4n) is 2.09. The monoisotopic (exact) mass is 276 g/mol. The fourth-order valence-corrected chi connectivity index (χ4v) is 2.09. The highest BCUT2D eigenvalue weighted by molar-refractivity contribution is 5.75. The van der Waals surface area contributed by atoms with E-state index in [-0.39, 0.29) is 12.5 Å². The smallest absolute Gasteiger partial charge is 0.244 e. The zero-order valence-electron chi connectivity index (χ0n) is 12.3. The molecular formula is C13H20N6O. The molecule has 20 heavy (non-hydrogen) atoms. The van der Waals surface area contributed by atoms with Gasteiger partial charge in [-0.2, -0.15) is 10.2 Å². The number of carbonyl (C=O) groups is 1. The van der Waals surface area contributed by atoms with E-state index in [0.717, 1.165) is 17.0 Å². The largest absolute Gasteiger partial charge is 0.382 e. The number of anilines is 1. The van der Waals surface area contributed by atoms with Gasteiger partial charge in [-0.15, -0.1) is 0 Å². The van der Waals surface area contributed by atoms with Gasteiger partial charge in [0.2, 0.25) is 5.91 Å². The van der Waals surface area contributed by atoms with Crippen molar-refractivity contribution in [1.82, 2.24) is 24.5 Å². The van der Waals surface area contributed by atoms with E-state index in [9.17, 15) is 4.79 Å². The highest BCUT2D eigenvalue weighted by Gasteiger charge is 2.14. The molecule has 2 rings (SSSR count). The molecule has 0 spiro atoms. The summed E-state index contributed by atoms with van der Waals surface area (Å²) in [6, 6.07) is 1.75. The van der Waals surface area contributed by atoms with E-state index >= 15 is 0 Å². The molecule has 0 aliphatic heterocycles. The second kappa shape index (κ2) is 5.36. The molecule has 0 saturated heterocycles. The van der Waals surface area contributed by atoms with Crippen LogP contribution in [0.3, 0.4) is 0 Å². The maximum atomic E-state index is 12.2. The number of hydrogen-bond donors (Lipinski definition) is 1. The summed E-state index contributed by atoms with van der Waals surface area (Å²) < 4.78 is 3.37. The Labute approximate surface area is 118 Å². The minimum atomic E-state index is -0.0144. The summed E-state index contributed by atoms with van der Waals surface area (Å²) in [5, 5.41) is 8.36. The Hall–Kier alpha value is -2.31. The van der Waals surface area contributed by atoms with E-state index in [4.69, 9.17) is 5.73 Å². The minimum Gasteiger partial charge on any atom is -0.382 e. The van der Waals surface area contributed by atoms with Crippen molar-refractivity contribution >= 4 is 11.7 Å². The zero-order chi connectivity index (χ0) is 14.9. The topological polar surface area (TPSA) is 82.0 Å². The van der Waals surface area contributed by atoms with Gasteiger partial charge >= 0.3 is 0 Å². The second-order valence-corrected chi connectivity index (χ2v) is 5.03. The van der Waals surface area contributed by atoms with Gasteiger partial charge in [0, 0.05) is 44.2 Å². The van der Waals surface area contributed by atoms with E-state index < -0.39 is 0 Å². The minimum absolute atomic E-state index is 0.0144. The molecule has 7 heteroatoms. The molecule has 0 atom stereocenters. The Kier molecular flexibility index (Phi) is 3.78. The molecule has 0 radical (unpaired) electrons. The van der Waals surface area contributed by atoms with E-state index in [1.54, 1.807) is 27.4 Å². The highest BCUT2D eigenvalue weighted by atomic mass is 16.2. The van der Waals surface area contributed by atoms with Gasteiger partial charge in [-0.05, 0) is 13.8 Å². The maximum absolute atomic E-state index is 12.2. The molecule has 0 unspecified atom stereocenters. The quantitative estimate of drug-likeness (QED) is 0.880. The van der Waals surface area contributed by atoms with Crippen molar-refractivity contribution in [3.8, 4) is 0 Å². The molecular weight excluding hydrogens is 256 g/mol. The Balaban J connectivity index is 2.02. The predicted octanol–water partition coefficient (Wildman–Crippen LogP) is 0.474. The Morgan fingerprint density at radius 2 is 2.10 bits per heavy atom. The van der Waals surface area contributed by atoms with Gasteiger partial charge in [-0.1, -0.05) is 0 Å². The second-order valence-electron chi connectivity index (χ2n) is 5.03. The lowest BCUT2D eigenvalue weighted by Gasteiger charge is -2.17. The molecule has 2 aromatic rings. The average molecular weight is 276 g/mol. The summed E-state index contributed by atoms with van der Waals surface area (Å²) in [5.41, 5.74) is 8.46. The van der Waals surface area contributed by atoms with Crippen LogP contribution >= 0.6 is 0 Å². The lowest BCUT2D eigenvalue weighted by atomic mass is 10.2. The van der Waals surface area contributed by atoms with E-state index in [0.29, 0.717) is 12.4 Å². The van der Waals surface area contributed by atoms with Crippen molar-refractivity contribution in [2.45, 2.75) is 26.9 Å². The van der Waals surface area contributed by atoms with Crippen LogP contribution in [0.4, 0.5) is 5.82 Å². The molecule has 7 nitrogen and oxygen atoms in total. The van der Waals surface area contributed by atoms with E-state index in [2.05, 4.69) is 10.2 Å². The Morgan fingerprint density at radius 1 is 1.40 bits per heavy atom. The van der Waals surface area contributed by atoms with Crippen molar-refractivity contribution in [3.63, 3.8) is 0 Å². The van der Waals surface area contributed by atoms with Crippen LogP contribution in [0.15, 0.2) is 12.3 Å². The third-order valence-electron chi connectivity index (χ3n) is 3.23. The molecule has 2 N–H and O–H groups in total. The van der Waals surface area contributed by atoms with Crippen LogP contribution in [0.25, 0.3) is 0 Å². The van der Waals surface area contributed by atoms with Gasteiger partial charge in [0.05, 0.1) is 5.69 Å². The van der Waals surface area contributed by atoms with Crippen LogP contribution in [-0.2, 0) is 24.9 Å². The first-order valence-electron chi connectivity index (χ1n) is 6.40. The first-order valence-corrected chi connectivity index (χ1v) is 6.40. The number of hydrogen-bond acceptors (Lipinski definition) is 4. The number of amides is 1. The number of aromatic nitrogens is 4. The fraction of sp³-hybridized carbons (Fsp3) is 0.462. The van der Waals surface area contributed by atoms with Crippen LogP contribution in [0.2, 0.25) is 0 Å². The lowest BCUT2D eigenvalue weighted by Crippen LogP contribution is -2.30. The number of nitrogen functional groups attached to an aromatic ring is 1. The van der Waals surface area contributed by atoms with Gasteiger partial charge in [0.1, 0.15) is 12.4 Å². The van der Waals surface area contributed by atoms with Crippen LogP contribution in [-0.4, -0.2) is 37.4 Å². The summed E-state index contributed by atoms with van der Waals surface area (Å²) in [6.45, 7) is 4.54. The molecule has 0 aromatic carbocycles. The third-order valence-corrected chi connectivity index (χ3v) is 3.23. The molecule has 0 aliphatic carbocycles. The molecule has 0 bridgehead atoms. The summed E-state index contributed by atoms with van der Waals surface area (Å²) in [4.78, 5) is 13.9.